The van der Waals surface area contributed by atoms with Crippen molar-refractivity contribution in [2.45, 2.75) is 31.8 Å². The van der Waals surface area contributed by atoms with Crippen LogP contribution in [0.25, 0.3) is 0 Å². The fourth-order valence-electron chi connectivity index (χ4n) is 2.32. The SMILES string of the molecule is CCOC(=O)c1cccc(COC(=O)CCS(=O)(=O)c2ccc(C)cc2)c1. The molecule has 2 aromatic rings. The van der Waals surface area contributed by atoms with Crippen molar-refractivity contribution < 1.29 is 27.5 Å². The Morgan fingerprint density at radius 2 is 1.70 bits per heavy atom. The van der Waals surface area contributed by atoms with Crippen LogP contribution >= 0.6 is 0 Å². The molecule has 2 rings (SSSR count). The summed E-state index contributed by atoms with van der Waals surface area (Å²) in [5, 5.41) is 0. The summed E-state index contributed by atoms with van der Waals surface area (Å²) >= 11 is 0. The molecule has 0 aliphatic carbocycles. The first-order valence-corrected chi connectivity index (χ1v) is 10.2. The first kappa shape index (κ1) is 20.6. The molecule has 0 aliphatic heterocycles. The second kappa shape index (κ2) is 9.32. The van der Waals surface area contributed by atoms with Gasteiger partial charge in [-0.1, -0.05) is 29.8 Å². The van der Waals surface area contributed by atoms with Crippen molar-refractivity contribution in [3.8, 4) is 0 Å². The summed E-state index contributed by atoms with van der Waals surface area (Å²) in [5.74, 6) is -1.39. The highest BCUT2D eigenvalue weighted by atomic mass is 32.2. The fraction of sp³-hybridized carbons (Fsp3) is 0.300. The van der Waals surface area contributed by atoms with Crippen LogP contribution in [0.15, 0.2) is 53.4 Å². The zero-order chi connectivity index (χ0) is 19.9. The third kappa shape index (κ3) is 6.21. The molecule has 7 heteroatoms. The van der Waals surface area contributed by atoms with Gasteiger partial charge in [0.2, 0.25) is 0 Å². The average molecular weight is 390 g/mol. The molecule has 27 heavy (non-hydrogen) atoms. The van der Waals surface area contributed by atoms with Crippen molar-refractivity contribution in [2.75, 3.05) is 12.4 Å². The molecule has 0 aromatic heterocycles. The van der Waals surface area contributed by atoms with Gasteiger partial charge in [-0.25, -0.2) is 13.2 Å². The molecule has 0 saturated carbocycles. The van der Waals surface area contributed by atoms with E-state index >= 15 is 0 Å². The van der Waals surface area contributed by atoms with Gasteiger partial charge in [-0.05, 0) is 43.7 Å². The molecule has 0 saturated heterocycles. The molecule has 0 N–H and O–H groups in total. The smallest absolute Gasteiger partial charge is 0.338 e. The lowest BCUT2D eigenvalue weighted by atomic mass is 10.1. The van der Waals surface area contributed by atoms with Crippen LogP contribution < -0.4 is 0 Å². The van der Waals surface area contributed by atoms with E-state index in [4.69, 9.17) is 9.47 Å². The van der Waals surface area contributed by atoms with Gasteiger partial charge < -0.3 is 9.47 Å². The monoisotopic (exact) mass is 390 g/mol. The van der Waals surface area contributed by atoms with Gasteiger partial charge in [0, 0.05) is 0 Å². The lowest BCUT2D eigenvalue weighted by molar-refractivity contribution is -0.144. The summed E-state index contributed by atoms with van der Waals surface area (Å²) in [7, 11) is -3.54. The molecule has 2 aromatic carbocycles. The highest BCUT2D eigenvalue weighted by molar-refractivity contribution is 7.91. The van der Waals surface area contributed by atoms with Gasteiger partial charge in [-0.3, -0.25) is 4.79 Å². The van der Waals surface area contributed by atoms with Crippen molar-refractivity contribution >= 4 is 21.8 Å². The molecule has 0 radical (unpaired) electrons. The molecule has 0 heterocycles. The Hall–Kier alpha value is -2.67. The molecule has 0 fully saturated rings. The highest BCUT2D eigenvalue weighted by Crippen LogP contribution is 2.14. The van der Waals surface area contributed by atoms with Gasteiger partial charge in [-0.2, -0.15) is 0 Å². The third-order valence-electron chi connectivity index (χ3n) is 3.79. The van der Waals surface area contributed by atoms with E-state index in [0.29, 0.717) is 11.1 Å². The van der Waals surface area contributed by atoms with Crippen LogP contribution in [0, 0.1) is 6.92 Å². The van der Waals surface area contributed by atoms with Crippen LogP contribution in [0.1, 0.15) is 34.8 Å². The summed E-state index contributed by atoms with van der Waals surface area (Å²) in [6.45, 7) is 3.81. The van der Waals surface area contributed by atoms with Crippen LogP contribution in [0.5, 0.6) is 0 Å². The predicted octanol–water partition coefficient (Wildman–Crippen LogP) is 3.08. The maximum Gasteiger partial charge on any atom is 0.338 e. The summed E-state index contributed by atoms with van der Waals surface area (Å²) in [6.07, 6.45) is -0.242. The van der Waals surface area contributed by atoms with Crippen LogP contribution in [-0.4, -0.2) is 32.7 Å². The topological polar surface area (TPSA) is 86.7 Å². The molecular formula is C20H22O6S. The van der Waals surface area contributed by atoms with Crippen molar-refractivity contribution in [3.05, 3.63) is 65.2 Å². The van der Waals surface area contributed by atoms with Gasteiger partial charge in [0.15, 0.2) is 9.84 Å². The lowest BCUT2D eigenvalue weighted by Crippen LogP contribution is -2.14. The van der Waals surface area contributed by atoms with Gasteiger partial charge in [-0.15, -0.1) is 0 Å². The van der Waals surface area contributed by atoms with Crippen molar-refractivity contribution in [3.63, 3.8) is 0 Å². The number of hydrogen-bond acceptors (Lipinski definition) is 6. The second-order valence-corrected chi connectivity index (χ2v) is 8.07. The predicted molar refractivity (Wildman–Crippen MR) is 100 cm³/mol. The normalized spacial score (nSPS) is 11.0. The molecule has 0 bridgehead atoms. The minimum atomic E-state index is -3.54. The van der Waals surface area contributed by atoms with E-state index in [1.54, 1.807) is 43.3 Å². The fourth-order valence-corrected chi connectivity index (χ4v) is 3.54. The Labute approximate surface area is 159 Å². The Morgan fingerprint density at radius 3 is 2.37 bits per heavy atom. The van der Waals surface area contributed by atoms with Crippen molar-refractivity contribution in [2.24, 2.45) is 0 Å². The van der Waals surface area contributed by atoms with E-state index in [2.05, 4.69) is 0 Å². The highest BCUT2D eigenvalue weighted by Gasteiger charge is 2.17. The van der Waals surface area contributed by atoms with E-state index in [0.717, 1.165) is 5.56 Å². The van der Waals surface area contributed by atoms with Crippen molar-refractivity contribution in [1.29, 1.82) is 0 Å². The molecule has 0 amide bonds. The van der Waals surface area contributed by atoms with E-state index in [1.807, 2.05) is 6.92 Å². The van der Waals surface area contributed by atoms with E-state index in [1.165, 1.54) is 12.1 Å². The molecule has 0 spiro atoms. The number of carbonyl (C=O) groups excluding carboxylic acids is 2. The number of benzene rings is 2. The lowest BCUT2D eigenvalue weighted by Gasteiger charge is -2.08. The number of ether oxygens (including phenoxy) is 2. The molecule has 0 unspecified atom stereocenters. The maximum atomic E-state index is 12.2. The minimum absolute atomic E-state index is 0.0450. The number of hydrogen-bond donors (Lipinski definition) is 0. The van der Waals surface area contributed by atoms with Crippen LogP contribution in [-0.2, 0) is 30.7 Å². The number of esters is 2. The summed E-state index contributed by atoms with van der Waals surface area (Å²) in [4.78, 5) is 23.8. The first-order valence-electron chi connectivity index (χ1n) is 8.53. The van der Waals surface area contributed by atoms with Crippen molar-refractivity contribution in [1.82, 2.24) is 0 Å². The average Bonchev–Trinajstić information content (AvgIpc) is 2.65. The number of aryl methyl sites for hydroxylation is 1. The Morgan fingerprint density at radius 1 is 1.00 bits per heavy atom. The minimum Gasteiger partial charge on any atom is -0.462 e. The second-order valence-electron chi connectivity index (χ2n) is 5.96. The van der Waals surface area contributed by atoms with Crippen LogP contribution in [0.4, 0.5) is 0 Å². The van der Waals surface area contributed by atoms with Gasteiger partial charge in [0.05, 0.1) is 29.2 Å². The maximum absolute atomic E-state index is 12.2. The number of carbonyl (C=O) groups is 2. The van der Waals surface area contributed by atoms with Gasteiger partial charge in [0.25, 0.3) is 0 Å². The number of rotatable bonds is 8. The quantitative estimate of drug-likeness (QED) is 0.644. The largest absolute Gasteiger partial charge is 0.462 e. The molecule has 0 aliphatic rings. The third-order valence-corrected chi connectivity index (χ3v) is 5.52. The zero-order valence-electron chi connectivity index (χ0n) is 15.3. The molecule has 0 atom stereocenters. The van der Waals surface area contributed by atoms with E-state index in [9.17, 15) is 18.0 Å². The molecular weight excluding hydrogens is 368 g/mol. The van der Waals surface area contributed by atoms with Gasteiger partial charge in [0.1, 0.15) is 6.61 Å². The first-order chi connectivity index (χ1) is 12.8. The summed E-state index contributed by atoms with van der Waals surface area (Å²) in [6, 6.07) is 13.0. The zero-order valence-corrected chi connectivity index (χ0v) is 16.1. The Balaban J connectivity index is 1.88. The van der Waals surface area contributed by atoms with Gasteiger partial charge >= 0.3 is 11.9 Å². The molecule has 6 nitrogen and oxygen atoms in total. The Kier molecular flexibility index (Phi) is 7.12. The Bertz CT molecular complexity index is 900. The van der Waals surface area contributed by atoms with E-state index < -0.39 is 21.8 Å². The van der Waals surface area contributed by atoms with Crippen LogP contribution in [0.3, 0.4) is 0 Å². The van der Waals surface area contributed by atoms with Crippen LogP contribution in [0.2, 0.25) is 0 Å². The summed E-state index contributed by atoms with van der Waals surface area (Å²) in [5.41, 5.74) is 1.95. The van der Waals surface area contributed by atoms with E-state index in [-0.39, 0.29) is 30.3 Å². The molecule has 144 valence electrons. The number of sulfone groups is 1. The standard InChI is InChI=1S/C20H22O6S/c1-3-25-20(22)17-6-4-5-16(13-17)14-26-19(21)11-12-27(23,24)18-9-7-15(2)8-10-18/h4-10,13H,3,11-12,14H2,1-2H3. The summed E-state index contributed by atoms with van der Waals surface area (Å²) < 4.78 is 34.5.